The van der Waals surface area contributed by atoms with Crippen molar-refractivity contribution < 1.29 is 13.2 Å². The zero-order valence-corrected chi connectivity index (χ0v) is 14.2. The van der Waals surface area contributed by atoms with E-state index in [2.05, 4.69) is 5.32 Å². The molecular weight excluding hydrogens is 310 g/mol. The van der Waals surface area contributed by atoms with Gasteiger partial charge in [-0.3, -0.25) is 4.79 Å². The van der Waals surface area contributed by atoms with E-state index in [0.29, 0.717) is 11.8 Å². The van der Waals surface area contributed by atoms with Gasteiger partial charge in [-0.05, 0) is 67.9 Å². The van der Waals surface area contributed by atoms with Crippen molar-refractivity contribution in [1.82, 2.24) is 5.32 Å². The smallest absolute Gasteiger partial charge is 0.252 e. The Hall–Kier alpha value is -1.36. The summed E-state index contributed by atoms with van der Waals surface area (Å²) in [6, 6.07) is 6.74. The quantitative estimate of drug-likeness (QED) is 0.925. The molecule has 1 N–H and O–H groups in total. The maximum Gasteiger partial charge on any atom is 0.252 e. The van der Waals surface area contributed by atoms with Gasteiger partial charge in [-0.2, -0.15) is 0 Å². The molecule has 5 rings (SSSR count). The lowest BCUT2D eigenvalue weighted by molar-refractivity contribution is -0.0120. The molecule has 23 heavy (non-hydrogen) atoms. The minimum Gasteiger partial charge on any atom is -0.349 e. The predicted molar refractivity (Wildman–Crippen MR) is 87.9 cm³/mol. The van der Waals surface area contributed by atoms with Gasteiger partial charge in [-0.25, -0.2) is 8.42 Å². The highest BCUT2D eigenvalue weighted by atomic mass is 32.2. The number of carbonyl (C=O) groups excluding carboxylic acids is 1. The summed E-state index contributed by atoms with van der Waals surface area (Å²) in [6.07, 6.45) is 7.45. The van der Waals surface area contributed by atoms with Crippen molar-refractivity contribution in [1.29, 1.82) is 0 Å². The van der Waals surface area contributed by atoms with Crippen molar-refractivity contribution in [3.63, 3.8) is 0 Å². The van der Waals surface area contributed by atoms with Crippen LogP contribution in [0.4, 0.5) is 0 Å². The second kappa shape index (κ2) is 5.33. The predicted octanol–water partition coefficient (Wildman–Crippen LogP) is 2.64. The Morgan fingerprint density at radius 3 is 2.13 bits per heavy atom. The van der Waals surface area contributed by atoms with Crippen LogP contribution in [0.25, 0.3) is 0 Å². The molecule has 124 valence electrons. The Morgan fingerprint density at radius 2 is 1.57 bits per heavy atom. The van der Waals surface area contributed by atoms with Crippen LogP contribution in [0.1, 0.15) is 42.5 Å². The molecule has 1 aromatic rings. The molecule has 4 fully saturated rings. The highest BCUT2D eigenvalue weighted by molar-refractivity contribution is 7.90. The summed E-state index contributed by atoms with van der Waals surface area (Å²) in [5.74, 6) is 2.65. The zero-order chi connectivity index (χ0) is 16.2. The van der Waals surface area contributed by atoms with Crippen molar-refractivity contribution in [2.45, 2.75) is 43.0 Å². The summed E-state index contributed by atoms with van der Waals surface area (Å²) < 4.78 is 23.8. The Kier molecular flexibility index (Phi) is 3.52. The maximum absolute atomic E-state index is 12.7. The third-order valence-corrected chi connectivity index (χ3v) is 7.21. The second-order valence-electron chi connectivity index (χ2n) is 7.70. The van der Waals surface area contributed by atoms with Crippen LogP contribution in [0.2, 0.25) is 0 Å². The molecule has 4 aliphatic rings. The van der Waals surface area contributed by atoms with Gasteiger partial charge in [0.05, 0.1) is 10.5 Å². The molecule has 4 nitrogen and oxygen atoms in total. The first-order valence-electron chi connectivity index (χ1n) is 8.52. The van der Waals surface area contributed by atoms with E-state index in [4.69, 9.17) is 0 Å². The fraction of sp³-hybridized carbons (Fsp3) is 0.611. The Labute approximate surface area is 137 Å². The lowest BCUT2D eigenvalue weighted by Gasteiger charge is -2.54. The SMILES string of the molecule is CS(=O)(=O)c1ccccc1C(=O)NC1C2CC3CC(C2)CC1C3. The van der Waals surface area contributed by atoms with Crippen LogP contribution in [0, 0.1) is 23.7 Å². The van der Waals surface area contributed by atoms with E-state index in [1.54, 1.807) is 18.2 Å². The summed E-state index contributed by atoms with van der Waals surface area (Å²) in [4.78, 5) is 12.9. The Bertz CT molecular complexity index is 712. The number of carbonyl (C=O) groups is 1. The molecule has 1 amide bonds. The lowest BCUT2D eigenvalue weighted by atomic mass is 9.54. The molecular formula is C18H23NO3S. The summed E-state index contributed by atoms with van der Waals surface area (Å²) in [6.45, 7) is 0. The van der Waals surface area contributed by atoms with Crippen molar-refractivity contribution in [3.8, 4) is 0 Å². The fourth-order valence-corrected chi connectivity index (χ4v) is 6.25. The molecule has 0 atom stereocenters. The highest BCUT2D eigenvalue weighted by Crippen LogP contribution is 2.53. The van der Waals surface area contributed by atoms with Gasteiger partial charge in [0.15, 0.2) is 9.84 Å². The number of hydrogen-bond donors (Lipinski definition) is 1. The molecule has 5 heteroatoms. The standard InChI is InChI=1S/C18H23NO3S/c1-23(21,22)16-5-3-2-4-15(16)18(20)19-17-13-7-11-6-12(9-13)10-14(17)8-11/h2-5,11-14,17H,6-10H2,1H3,(H,19,20). The van der Waals surface area contributed by atoms with Crippen LogP contribution in [0.15, 0.2) is 29.2 Å². The molecule has 0 saturated heterocycles. The van der Waals surface area contributed by atoms with E-state index in [1.165, 1.54) is 38.2 Å². The van der Waals surface area contributed by atoms with Crippen LogP contribution in [-0.4, -0.2) is 26.6 Å². The molecule has 4 bridgehead atoms. The van der Waals surface area contributed by atoms with E-state index in [1.807, 2.05) is 0 Å². The molecule has 0 aromatic heterocycles. The monoisotopic (exact) mass is 333 g/mol. The normalized spacial score (nSPS) is 35.3. The molecule has 0 radical (unpaired) electrons. The van der Waals surface area contributed by atoms with Gasteiger partial charge in [-0.1, -0.05) is 12.1 Å². The molecule has 4 saturated carbocycles. The number of benzene rings is 1. The summed E-state index contributed by atoms with van der Waals surface area (Å²) >= 11 is 0. The van der Waals surface area contributed by atoms with Gasteiger partial charge in [0, 0.05) is 12.3 Å². The lowest BCUT2D eigenvalue weighted by Crippen LogP contribution is -2.55. The van der Waals surface area contributed by atoms with E-state index in [0.717, 1.165) is 18.1 Å². The van der Waals surface area contributed by atoms with Gasteiger partial charge in [-0.15, -0.1) is 0 Å². The number of amides is 1. The zero-order valence-electron chi connectivity index (χ0n) is 13.4. The van der Waals surface area contributed by atoms with Crippen molar-refractivity contribution >= 4 is 15.7 Å². The van der Waals surface area contributed by atoms with Crippen LogP contribution in [0.5, 0.6) is 0 Å². The van der Waals surface area contributed by atoms with Crippen molar-refractivity contribution in [2.24, 2.45) is 23.7 Å². The average Bonchev–Trinajstić information content (AvgIpc) is 2.49. The van der Waals surface area contributed by atoms with Crippen LogP contribution >= 0.6 is 0 Å². The topological polar surface area (TPSA) is 63.2 Å². The van der Waals surface area contributed by atoms with Crippen LogP contribution < -0.4 is 5.32 Å². The van der Waals surface area contributed by atoms with E-state index in [9.17, 15) is 13.2 Å². The van der Waals surface area contributed by atoms with Crippen LogP contribution in [0.3, 0.4) is 0 Å². The molecule has 0 unspecified atom stereocenters. The summed E-state index contributed by atoms with van der Waals surface area (Å²) in [5, 5.41) is 3.19. The molecule has 0 aliphatic heterocycles. The number of hydrogen-bond acceptors (Lipinski definition) is 3. The first-order valence-corrected chi connectivity index (χ1v) is 10.4. The highest BCUT2D eigenvalue weighted by Gasteiger charge is 2.48. The fourth-order valence-electron chi connectivity index (χ4n) is 5.37. The number of sulfone groups is 1. The summed E-state index contributed by atoms with van der Waals surface area (Å²) in [5.41, 5.74) is 0.281. The minimum absolute atomic E-state index is 0.126. The van der Waals surface area contributed by atoms with E-state index >= 15 is 0 Å². The average molecular weight is 333 g/mol. The molecule has 4 aliphatic carbocycles. The Morgan fingerprint density at radius 1 is 1.00 bits per heavy atom. The number of nitrogens with one attached hydrogen (secondary N) is 1. The van der Waals surface area contributed by atoms with E-state index < -0.39 is 9.84 Å². The van der Waals surface area contributed by atoms with Gasteiger partial charge in [0.25, 0.3) is 5.91 Å². The van der Waals surface area contributed by atoms with Gasteiger partial charge < -0.3 is 5.32 Å². The largest absolute Gasteiger partial charge is 0.349 e. The third-order valence-electron chi connectivity index (χ3n) is 6.06. The van der Waals surface area contributed by atoms with Gasteiger partial charge >= 0.3 is 0 Å². The van der Waals surface area contributed by atoms with Crippen molar-refractivity contribution in [3.05, 3.63) is 29.8 Å². The van der Waals surface area contributed by atoms with E-state index in [-0.39, 0.29) is 22.4 Å². The summed E-state index contributed by atoms with van der Waals surface area (Å²) in [7, 11) is -3.40. The van der Waals surface area contributed by atoms with Crippen molar-refractivity contribution in [2.75, 3.05) is 6.26 Å². The first kappa shape index (κ1) is 15.2. The first-order chi connectivity index (χ1) is 10.9. The Balaban J connectivity index is 1.58. The molecule has 0 spiro atoms. The second-order valence-corrected chi connectivity index (χ2v) is 9.68. The third kappa shape index (κ3) is 2.69. The minimum atomic E-state index is -3.40. The number of rotatable bonds is 3. The molecule has 1 aromatic carbocycles. The van der Waals surface area contributed by atoms with Crippen LogP contribution in [-0.2, 0) is 9.84 Å². The molecule has 0 heterocycles. The maximum atomic E-state index is 12.7. The van der Waals surface area contributed by atoms with Gasteiger partial charge in [0.2, 0.25) is 0 Å². The van der Waals surface area contributed by atoms with Gasteiger partial charge in [0.1, 0.15) is 0 Å².